The Hall–Kier alpha value is -0.220. The van der Waals surface area contributed by atoms with Gasteiger partial charge in [-0.25, -0.2) is 0 Å². The van der Waals surface area contributed by atoms with E-state index in [9.17, 15) is 0 Å². The van der Waals surface area contributed by atoms with E-state index in [4.69, 9.17) is 9.47 Å². The molecule has 4 heteroatoms. The van der Waals surface area contributed by atoms with Crippen LogP contribution in [0.4, 0.5) is 0 Å². The van der Waals surface area contributed by atoms with E-state index in [0.29, 0.717) is 0 Å². The normalized spacial score (nSPS) is 18.4. The monoisotopic (exact) mass is 404 g/mol. The van der Waals surface area contributed by atoms with Gasteiger partial charge in [-0.15, -0.1) is 0 Å². The third-order valence-electron chi connectivity index (χ3n) is 4.12. The lowest BCUT2D eigenvalue weighted by Gasteiger charge is -2.31. The molecule has 1 saturated carbocycles. The first kappa shape index (κ1) is 16.2. The predicted molar refractivity (Wildman–Crippen MR) is 90.1 cm³/mol. The Morgan fingerprint density at radius 2 is 1.85 bits per heavy atom. The fourth-order valence-corrected chi connectivity index (χ4v) is 4.00. The molecular formula is C16H22Br2O2. The van der Waals surface area contributed by atoms with Gasteiger partial charge in [0.05, 0.1) is 18.2 Å². The van der Waals surface area contributed by atoms with Crippen molar-refractivity contribution in [3.8, 4) is 11.5 Å². The molecule has 0 bridgehead atoms. The molecule has 2 nitrogen and oxygen atoms in total. The first-order valence-electron chi connectivity index (χ1n) is 7.22. The lowest BCUT2D eigenvalue weighted by molar-refractivity contribution is 0.144. The fourth-order valence-electron chi connectivity index (χ4n) is 2.81. The quantitative estimate of drug-likeness (QED) is 0.470. The summed E-state index contributed by atoms with van der Waals surface area (Å²) in [6, 6.07) is 5.89. The predicted octanol–water partition coefficient (Wildman–Crippen LogP) is 5.57. The van der Waals surface area contributed by atoms with Gasteiger partial charge in [0.25, 0.3) is 0 Å². The van der Waals surface area contributed by atoms with E-state index in [1.807, 2.05) is 18.2 Å². The average molecular weight is 406 g/mol. The molecule has 1 aromatic rings. The molecule has 2 rings (SSSR count). The molecule has 0 atom stereocenters. The van der Waals surface area contributed by atoms with Crippen LogP contribution in [0.15, 0.2) is 22.7 Å². The summed E-state index contributed by atoms with van der Waals surface area (Å²) in [5.74, 6) is 1.61. The third-order valence-corrected chi connectivity index (χ3v) is 5.94. The van der Waals surface area contributed by atoms with Gasteiger partial charge < -0.3 is 9.47 Å². The smallest absolute Gasteiger partial charge is 0.175 e. The topological polar surface area (TPSA) is 18.5 Å². The summed E-state index contributed by atoms with van der Waals surface area (Å²) in [5, 5.41) is 1.01. The van der Waals surface area contributed by atoms with Crippen molar-refractivity contribution in [2.45, 2.75) is 38.5 Å². The van der Waals surface area contributed by atoms with Gasteiger partial charge in [-0.2, -0.15) is 0 Å². The molecule has 0 heterocycles. The highest BCUT2D eigenvalue weighted by Crippen LogP contribution is 2.40. The Balaban J connectivity index is 2.10. The summed E-state index contributed by atoms with van der Waals surface area (Å²) < 4.78 is 12.5. The second kappa shape index (κ2) is 7.69. The van der Waals surface area contributed by atoms with Gasteiger partial charge in [0, 0.05) is 10.7 Å². The van der Waals surface area contributed by atoms with Crippen molar-refractivity contribution >= 4 is 31.9 Å². The SMILES string of the molecule is COc1cccc(Br)c1OCC1(CBr)CCCCCC1. The molecule has 20 heavy (non-hydrogen) atoms. The third kappa shape index (κ3) is 3.91. The second-order valence-corrected chi connectivity index (χ2v) is 7.02. The summed E-state index contributed by atoms with van der Waals surface area (Å²) >= 11 is 7.26. The fraction of sp³-hybridized carbons (Fsp3) is 0.625. The van der Waals surface area contributed by atoms with Crippen LogP contribution >= 0.6 is 31.9 Å². The van der Waals surface area contributed by atoms with E-state index in [1.165, 1.54) is 38.5 Å². The second-order valence-electron chi connectivity index (χ2n) is 5.61. The summed E-state index contributed by atoms with van der Waals surface area (Å²) in [6.45, 7) is 0.747. The van der Waals surface area contributed by atoms with Gasteiger partial charge >= 0.3 is 0 Å². The summed E-state index contributed by atoms with van der Waals surface area (Å²) in [6.07, 6.45) is 7.81. The standard InChI is InChI=1S/C16H22Br2O2/c1-19-14-8-6-7-13(18)15(14)20-12-16(11-17)9-4-2-3-5-10-16/h6-8H,2-5,9-12H2,1H3. The number of para-hydroxylation sites is 1. The van der Waals surface area contributed by atoms with Gasteiger partial charge in [-0.05, 0) is 40.9 Å². The Labute approximate surface area is 138 Å². The maximum atomic E-state index is 6.15. The number of ether oxygens (including phenoxy) is 2. The highest BCUT2D eigenvalue weighted by molar-refractivity contribution is 9.10. The zero-order valence-corrected chi connectivity index (χ0v) is 15.1. The summed E-state index contributed by atoms with van der Waals surface area (Å²) in [5.41, 5.74) is 0.261. The molecule has 0 amide bonds. The number of alkyl halides is 1. The molecule has 0 aromatic heterocycles. The van der Waals surface area contributed by atoms with E-state index in [0.717, 1.165) is 27.9 Å². The van der Waals surface area contributed by atoms with Crippen molar-refractivity contribution in [2.24, 2.45) is 5.41 Å². The van der Waals surface area contributed by atoms with Crippen molar-refractivity contribution in [2.75, 3.05) is 19.0 Å². The van der Waals surface area contributed by atoms with Crippen LogP contribution in [0.1, 0.15) is 38.5 Å². The minimum absolute atomic E-state index is 0.261. The molecule has 1 fully saturated rings. The van der Waals surface area contributed by atoms with Crippen LogP contribution in [0.5, 0.6) is 11.5 Å². The summed E-state index contributed by atoms with van der Waals surface area (Å²) in [7, 11) is 1.68. The largest absolute Gasteiger partial charge is 0.493 e. The number of hydrogen-bond acceptors (Lipinski definition) is 2. The molecular weight excluding hydrogens is 384 g/mol. The van der Waals surface area contributed by atoms with Gasteiger partial charge in [0.1, 0.15) is 0 Å². The minimum Gasteiger partial charge on any atom is -0.493 e. The molecule has 0 unspecified atom stereocenters. The van der Waals surface area contributed by atoms with E-state index in [2.05, 4.69) is 31.9 Å². The Bertz CT molecular complexity index is 426. The van der Waals surface area contributed by atoms with E-state index < -0.39 is 0 Å². The van der Waals surface area contributed by atoms with Gasteiger partial charge in [0.2, 0.25) is 0 Å². The number of halogens is 2. The van der Waals surface area contributed by atoms with E-state index >= 15 is 0 Å². The van der Waals surface area contributed by atoms with E-state index in [-0.39, 0.29) is 5.41 Å². The Kier molecular flexibility index (Phi) is 6.21. The number of methoxy groups -OCH3 is 1. The van der Waals surface area contributed by atoms with Crippen molar-refractivity contribution < 1.29 is 9.47 Å². The average Bonchev–Trinajstić information content (AvgIpc) is 2.72. The van der Waals surface area contributed by atoms with Crippen molar-refractivity contribution in [3.05, 3.63) is 22.7 Å². The van der Waals surface area contributed by atoms with Gasteiger partial charge in [-0.1, -0.05) is 47.7 Å². The first-order chi connectivity index (χ1) is 9.71. The zero-order chi connectivity index (χ0) is 14.4. The van der Waals surface area contributed by atoms with Crippen LogP contribution in [0.3, 0.4) is 0 Å². The lowest BCUT2D eigenvalue weighted by atomic mass is 9.83. The first-order valence-corrected chi connectivity index (χ1v) is 9.13. The molecule has 1 aliphatic carbocycles. The molecule has 1 aliphatic rings. The van der Waals surface area contributed by atoms with Crippen LogP contribution in [0.2, 0.25) is 0 Å². The lowest BCUT2D eigenvalue weighted by Crippen LogP contribution is -2.30. The van der Waals surface area contributed by atoms with Crippen LogP contribution in [-0.4, -0.2) is 19.0 Å². The van der Waals surface area contributed by atoms with Crippen LogP contribution in [-0.2, 0) is 0 Å². The molecule has 112 valence electrons. The highest BCUT2D eigenvalue weighted by atomic mass is 79.9. The van der Waals surface area contributed by atoms with Crippen LogP contribution < -0.4 is 9.47 Å². The summed E-state index contributed by atoms with van der Waals surface area (Å²) in [4.78, 5) is 0. The van der Waals surface area contributed by atoms with Crippen molar-refractivity contribution in [1.82, 2.24) is 0 Å². The van der Waals surface area contributed by atoms with Crippen molar-refractivity contribution in [1.29, 1.82) is 0 Å². The van der Waals surface area contributed by atoms with Crippen LogP contribution in [0, 0.1) is 5.41 Å². The van der Waals surface area contributed by atoms with Crippen LogP contribution in [0.25, 0.3) is 0 Å². The van der Waals surface area contributed by atoms with Gasteiger partial charge in [-0.3, -0.25) is 0 Å². The molecule has 0 N–H and O–H groups in total. The highest BCUT2D eigenvalue weighted by Gasteiger charge is 2.31. The van der Waals surface area contributed by atoms with E-state index in [1.54, 1.807) is 7.11 Å². The minimum atomic E-state index is 0.261. The zero-order valence-electron chi connectivity index (χ0n) is 12.0. The molecule has 0 aliphatic heterocycles. The number of benzene rings is 1. The Morgan fingerprint density at radius 3 is 2.45 bits per heavy atom. The van der Waals surface area contributed by atoms with Crippen molar-refractivity contribution in [3.63, 3.8) is 0 Å². The molecule has 0 radical (unpaired) electrons. The molecule has 1 aromatic carbocycles. The number of hydrogen-bond donors (Lipinski definition) is 0. The maximum Gasteiger partial charge on any atom is 0.175 e. The Morgan fingerprint density at radius 1 is 1.15 bits per heavy atom. The number of rotatable bonds is 5. The maximum absolute atomic E-state index is 6.15. The molecule has 0 saturated heterocycles. The molecule has 0 spiro atoms. The van der Waals surface area contributed by atoms with Gasteiger partial charge in [0.15, 0.2) is 11.5 Å².